The second kappa shape index (κ2) is 6.08. The van der Waals surface area contributed by atoms with Crippen molar-refractivity contribution in [3.8, 4) is 0 Å². The number of amides is 3. The minimum atomic E-state index is -0.710. The number of carbonyl (C=O) groups is 2. The predicted octanol–water partition coefficient (Wildman–Crippen LogP) is 2.03. The number of ether oxygens (including phenoxy) is 1. The van der Waals surface area contributed by atoms with Gasteiger partial charge in [-0.25, -0.2) is 4.79 Å². The van der Waals surface area contributed by atoms with Crippen molar-refractivity contribution >= 4 is 11.9 Å². The highest BCUT2D eigenvalue weighted by Gasteiger charge is 2.51. The van der Waals surface area contributed by atoms with Crippen molar-refractivity contribution in [2.45, 2.75) is 38.1 Å². The number of nitrogens with zero attached hydrogens (tertiary/aromatic N) is 1. The fourth-order valence-corrected chi connectivity index (χ4v) is 3.26. The van der Waals surface area contributed by atoms with E-state index in [9.17, 15) is 9.59 Å². The molecule has 0 saturated carbocycles. The smallest absolute Gasteiger partial charge is 0.325 e. The van der Waals surface area contributed by atoms with E-state index in [-0.39, 0.29) is 11.9 Å². The number of rotatable bonds is 4. The van der Waals surface area contributed by atoms with Crippen LogP contribution in [0.4, 0.5) is 4.79 Å². The quantitative estimate of drug-likeness (QED) is 0.866. The molecule has 1 aromatic carbocycles. The number of aryl methyl sites for hydroxylation is 2. The molecule has 0 unspecified atom stereocenters. The van der Waals surface area contributed by atoms with Crippen LogP contribution in [0.5, 0.6) is 0 Å². The fourth-order valence-electron chi connectivity index (χ4n) is 3.26. The standard InChI is InChI=1S/C17H22N2O3/c1-13-5-2-3-6-14(13)7-4-10-19-15(20)17(18-16(19)21)8-11-22-12-9-17/h2-3,5-6H,4,7-12H2,1H3,(H,18,21). The molecule has 2 aliphatic rings. The van der Waals surface area contributed by atoms with Crippen molar-refractivity contribution in [1.82, 2.24) is 10.2 Å². The van der Waals surface area contributed by atoms with Gasteiger partial charge in [0, 0.05) is 32.6 Å². The van der Waals surface area contributed by atoms with E-state index in [1.807, 2.05) is 12.1 Å². The van der Waals surface area contributed by atoms with Crippen molar-refractivity contribution in [3.05, 3.63) is 35.4 Å². The molecule has 1 spiro atoms. The van der Waals surface area contributed by atoms with Crippen LogP contribution in [-0.4, -0.2) is 42.1 Å². The molecule has 0 bridgehead atoms. The molecule has 0 aliphatic carbocycles. The highest BCUT2D eigenvalue weighted by atomic mass is 16.5. The largest absolute Gasteiger partial charge is 0.381 e. The van der Waals surface area contributed by atoms with E-state index in [0.717, 1.165) is 12.8 Å². The van der Waals surface area contributed by atoms with Gasteiger partial charge in [0.2, 0.25) is 0 Å². The Morgan fingerprint density at radius 2 is 1.95 bits per heavy atom. The SMILES string of the molecule is Cc1ccccc1CCCN1C(=O)NC2(CCOCC2)C1=O. The number of hydrogen-bond acceptors (Lipinski definition) is 3. The van der Waals surface area contributed by atoms with Gasteiger partial charge in [0.05, 0.1) is 0 Å². The van der Waals surface area contributed by atoms with Crippen LogP contribution in [0.3, 0.4) is 0 Å². The molecule has 1 aromatic rings. The van der Waals surface area contributed by atoms with E-state index in [2.05, 4.69) is 24.4 Å². The molecular weight excluding hydrogens is 280 g/mol. The Hall–Kier alpha value is -1.88. The third kappa shape index (κ3) is 2.73. The summed E-state index contributed by atoms with van der Waals surface area (Å²) >= 11 is 0. The van der Waals surface area contributed by atoms with Crippen molar-refractivity contribution in [1.29, 1.82) is 0 Å². The van der Waals surface area contributed by atoms with Gasteiger partial charge in [0.25, 0.3) is 5.91 Å². The summed E-state index contributed by atoms with van der Waals surface area (Å²) < 4.78 is 5.31. The van der Waals surface area contributed by atoms with E-state index in [4.69, 9.17) is 4.74 Å². The van der Waals surface area contributed by atoms with Gasteiger partial charge < -0.3 is 10.1 Å². The van der Waals surface area contributed by atoms with Crippen LogP contribution >= 0.6 is 0 Å². The summed E-state index contributed by atoms with van der Waals surface area (Å²) in [7, 11) is 0. The summed E-state index contributed by atoms with van der Waals surface area (Å²) in [5.41, 5.74) is 1.81. The number of carbonyl (C=O) groups excluding carboxylic acids is 2. The maximum absolute atomic E-state index is 12.6. The van der Waals surface area contributed by atoms with Crippen LogP contribution in [0, 0.1) is 6.92 Å². The average Bonchev–Trinajstić information content (AvgIpc) is 2.74. The van der Waals surface area contributed by atoms with Crippen LogP contribution in [0.25, 0.3) is 0 Å². The van der Waals surface area contributed by atoms with Gasteiger partial charge in [0.1, 0.15) is 5.54 Å². The third-order valence-electron chi connectivity index (χ3n) is 4.68. The lowest BCUT2D eigenvalue weighted by molar-refractivity contribution is -0.134. The monoisotopic (exact) mass is 302 g/mol. The molecule has 2 aliphatic heterocycles. The van der Waals surface area contributed by atoms with Crippen LogP contribution < -0.4 is 5.32 Å². The first kappa shape index (κ1) is 15.0. The highest BCUT2D eigenvalue weighted by molar-refractivity contribution is 6.07. The molecule has 3 amide bonds. The molecule has 0 atom stereocenters. The number of imide groups is 1. The van der Waals surface area contributed by atoms with E-state index >= 15 is 0 Å². The van der Waals surface area contributed by atoms with E-state index in [1.54, 1.807) is 0 Å². The Morgan fingerprint density at radius 3 is 2.68 bits per heavy atom. The summed E-state index contributed by atoms with van der Waals surface area (Å²) in [6.45, 7) is 3.62. The summed E-state index contributed by atoms with van der Waals surface area (Å²) in [5.74, 6) is -0.0782. The zero-order valence-electron chi connectivity index (χ0n) is 12.9. The van der Waals surface area contributed by atoms with Crippen LogP contribution in [0.1, 0.15) is 30.4 Å². The first-order valence-corrected chi connectivity index (χ1v) is 7.89. The number of urea groups is 1. The van der Waals surface area contributed by atoms with E-state index in [1.165, 1.54) is 16.0 Å². The molecule has 3 rings (SSSR count). The van der Waals surface area contributed by atoms with Gasteiger partial charge in [-0.1, -0.05) is 24.3 Å². The lowest BCUT2D eigenvalue weighted by atomic mass is 9.90. The molecule has 2 saturated heterocycles. The van der Waals surface area contributed by atoms with Crippen LogP contribution in [0.15, 0.2) is 24.3 Å². The molecule has 0 aromatic heterocycles. The van der Waals surface area contributed by atoms with Crippen LogP contribution in [-0.2, 0) is 16.0 Å². The zero-order chi connectivity index (χ0) is 15.6. The Morgan fingerprint density at radius 1 is 1.23 bits per heavy atom. The summed E-state index contributed by atoms with van der Waals surface area (Å²) in [6, 6.07) is 7.97. The van der Waals surface area contributed by atoms with E-state index < -0.39 is 5.54 Å². The molecule has 118 valence electrons. The second-order valence-corrected chi connectivity index (χ2v) is 6.11. The zero-order valence-corrected chi connectivity index (χ0v) is 12.9. The molecule has 2 heterocycles. The second-order valence-electron chi connectivity index (χ2n) is 6.11. The van der Waals surface area contributed by atoms with Crippen LogP contribution in [0.2, 0.25) is 0 Å². The Bertz CT molecular complexity index is 579. The van der Waals surface area contributed by atoms with Gasteiger partial charge >= 0.3 is 6.03 Å². The van der Waals surface area contributed by atoms with Gasteiger partial charge in [-0.2, -0.15) is 0 Å². The Balaban J connectivity index is 1.60. The fraction of sp³-hybridized carbons (Fsp3) is 0.529. The molecule has 2 fully saturated rings. The first-order chi connectivity index (χ1) is 10.6. The lowest BCUT2D eigenvalue weighted by Gasteiger charge is -2.30. The van der Waals surface area contributed by atoms with Crippen molar-refractivity contribution in [3.63, 3.8) is 0 Å². The molecule has 0 radical (unpaired) electrons. The van der Waals surface area contributed by atoms with Gasteiger partial charge in [-0.15, -0.1) is 0 Å². The van der Waals surface area contributed by atoms with Gasteiger partial charge in [-0.05, 0) is 30.9 Å². The van der Waals surface area contributed by atoms with Crippen molar-refractivity contribution < 1.29 is 14.3 Å². The normalized spacial score (nSPS) is 20.5. The number of benzene rings is 1. The molecular formula is C17H22N2O3. The maximum atomic E-state index is 12.6. The molecule has 5 nitrogen and oxygen atoms in total. The maximum Gasteiger partial charge on any atom is 0.325 e. The first-order valence-electron chi connectivity index (χ1n) is 7.89. The summed E-state index contributed by atoms with van der Waals surface area (Å²) in [5, 5.41) is 2.89. The average molecular weight is 302 g/mol. The molecule has 1 N–H and O–H groups in total. The summed E-state index contributed by atoms with van der Waals surface area (Å²) in [4.78, 5) is 26.1. The van der Waals surface area contributed by atoms with Crippen molar-refractivity contribution in [2.24, 2.45) is 0 Å². The van der Waals surface area contributed by atoms with E-state index in [0.29, 0.717) is 32.6 Å². The highest BCUT2D eigenvalue weighted by Crippen LogP contribution is 2.28. The minimum absolute atomic E-state index is 0.0782. The third-order valence-corrected chi connectivity index (χ3v) is 4.68. The molecule has 5 heteroatoms. The topological polar surface area (TPSA) is 58.6 Å². The van der Waals surface area contributed by atoms with Crippen molar-refractivity contribution in [2.75, 3.05) is 19.8 Å². The number of hydrogen-bond donors (Lipinski definition) is 1. The number of nitrogens with one attached hydrogen (secondary N) is 1. The minimum Gasteiger partial charge on any atom is -0.381 e. The lowest BCUT2D eigenvalue weighted by Crippen LogP contribution is -2.51. The van der Waals surface area contributed by atoms with Gasteiger partial charge in [0.15, 0.2) is 0 Å². The summed E-state index contributed by atoms with van der Waals surface area (Å²) in [6.07, 6.45) is 2.81. The Kier molecular flexibility index (Phi) is 4.16. The Labute approximate surface area is 130 Å². The van der Waals surface area contributed by atoms with Gasteiger partial charge in [-0.3, -0.25) is 9.69 Å². The predicted molar refractivity (Wildman–Crippen MR) is 82.5 cm³/mol. The molecule has 22 heavy (non-hydrogen) atoms.